The number of carbonyl (C=O) groups excluding carboxylic acids is 2. The molecule has 8 heteroatoms. The van der Waals surface area contributed by atoms with Crippen LogP contribution in [0.4, 0.5) is 11.6 Å². The molecule has 2 heterocycles. The third-order valence-corrected chi connectivity index (χ3v) is 4.79. The van der Waals surface area contributed by atoms with Gasteiger partial charge in [-0.25, -0.2) is 4.68 Å². The fraction of sp³-hybridized carbons (Fsp3) is 0.238. The summed E-state index contributed by atoms with van der Waals surface area (Å²) in [6.45, 7) is 3.81. The molecular formula is C21H21N5O3. The van der Waals surface area contributed by atoms with Crippen molar-refractivity contribution in [1.82, 2.24) is 14.8 Å². The maximum absolute atomic E-state index is 12.4. The fourth-order valence-electron chi connectivity index (χ4n) is 3.42. The highest BCUT2D eigenvalue weighted by molar-refractivity contribution is 5.93. The van der Waals surface area contributed by atoms with Crippen LogP contribution >= 0.6 is 0 Å². The minimum atomic E-state index is -0.347. The minimum absolute atomic E-state index is 0.141. The Morgan fingerprint density at radius 2 is 2.10 bits per heavy atom. The predicted molar refractivity (Wildman–Crippen MR) is 108 cm³/mol. The third-order valence-electron chi connectivity index (χ3n) is 4.79. The van der Waals surface area contributed by atoms with Crippen LogP contribution in [0.5, 0.6) is 5.75 Å². The number of aromatic nitrogens is 3. The van der Waals surface area contributed by atoms with Crippen LogP contribution < -0.4 is 15.4 Å². The van der Waals surface area contributed by atoms with Gasteiger partial charge in [-0.15, -0.1) is 0 Å². The van der Waals surface area contributed by atoms with Crippen LogP contribution in [-0.2, 0) is 9.59 Å². The van der Waals surface area contributed by atoms with Crippen LogP contribution in [0.2, 0.25) is 0 Å². The molecule has 4 rings (SSSR count). The largest absolute Gasteiger partial charge is 0.483 e. The molecule has 1 aromatic heterocycles. The molecule has 148 valence electrons. The van der Waals surface area contributed by atoms with E-state index in [4.69, 9.17) is 4.74 Å². The van der Waals surface area contributed by atoms with Gasteiger partial charge in [0, 0.05) is 11.3 Å². The average Bonchev–Trinajstić information content (AvgIpc) is 3.16. The Morgan fingerprint density at radius 3 is 2.93 bits per heavy atom. The maximum atomic E-state index is 12.4. The van der Waals surface area contributed by atoms with E-state index in [0.29, 0.717) is 11.7 Å². The molecule has 2 aromatic carbocycles. The van der Waals surface area contributed by atoms with Crippen LogP contribution in [-0.4, -0.2) is 33.2 Å². The van der Waals surface area contributed by atoms with Gasteiger partial charge in [-0.2, -0.15) is 10.1 Å². The number of hydrogen-bond donors (Lipinski definition) is 2. The minimum Gasteiger partial charge on any atom is -0.483 e. The number of carbonyl (C=O) groups is 2. The van der Waals surface area contributed by atoms with E-state index in [0.717, 1.165) is 22.4 Å². The molecule has 1 aliphatic heterocycles. The van der Waals surface area contributed by atoms with E-state index in [1.54, 1.807) is 10.7 Å². The molecule has 0 spiro atoms. The van der Waals surface area contributed by atoms with E-state index in [1.807, 2.05) is 50.2 Å². The summed E-state index contributed by atoms with van der Waals surface area (Å²) in [6.07, 6.45) is 1.61. The molecule has 0 saturated heterocycles. The lowest BCUT2D eigenvalue weighted by Crippen LogP contribution is -2.29. The zero-order valence-corrected chi connectivity index (χ0v) is 16.2. The molecule has 1 atom stereocenters. The summed E-state index contributed by atoms with van der Waals surface area (Å²) in [4.78, 5) is 28.5. The summed E-state index contributed by atoms with van der Waals surface area (Å²) >= 11 is 0. The lowest BCUT2D eigenvalue weighted by atomic mass is 10.0. The molecule has 8 nitrogen and oxygen atoms in total. The van der Waals surface area contributed by atoms with Gasteiger partial charge in [0.1, 0.15) is 12.1 Å². The van der Waals surface area contributed by atoms with E-state index < -0.39 is 0 Å². The summed E-state index contributed by atoms with van der Waals surface area (Å²) in [5.74, 6) is 0.533. The molecule has 0 unspecified atom stereocenters. The van der Waals surface area contributed by atoms with Gasteiger partial charge in [0.15, 0.2) is 6.61 Å². The van der Waals surface area contributed by atoms with Gasteiger partial charge in [-0.05, 0) is 31.5 Å². The normalized spacial score (nSPS) is 15.4. The highest BCUT2D eigenvalue weighted by Crippen LogP contribution is 2.34. The number of amides is 2. The van der Waals surface area contributed by atoms with Crippen molar-refractivity contribution in [1.29, 1.82) is 0 Å². The molecule has 2 amide bonds. The summed E-state index contributed by atoms with van der Waals surface area (Å²) in [7, 11) is 0. The number of aryl methyl sites for hydroxylation is 2. The maximum Gasteiger partial charge on any atom is 0.262 e. The van der Waals surface area contributed by atoms with Crippen molar-refractivity contribution in [3.8, 4) is 5.75 Å². The van der Waals surface area contributed by atoms with Gasteiger partial charge < -0.3 is 10.1 Å². The first-order valence-electron chi connectivity index (χ1n) is 9.29. The SMILES string of the molecule is Cc1ccc(NC(=O)COc2ccccc2[C@@H]2CC(=O)Nc3ncnn32)c(C)c1. The second kappa shape index (κ2) is 7.75. The van der Waals surface area contributed by atoms with Crippen LogP contribution in [0.1, 0.15) is 29.2 Å². The smallest absolute Gasteiger partial charge is 0.262 e. The van der Waals surface area contributed by atoms with Crippen LogP contribution in [0.15, 0.2) is 48.8 Å². The van der Waals surface area contributed by atoms with Gasteiger partial charge >= 0.3 is 0 Å². The second-order valence-corrected chi connectivity index (χ2v) is 6.99. The number of nitrogens with one attached hydrogen (secondary N) is 2. The van der Waals surface area contributed by atoms with E-state index in [-0.39, 0.29) is 30.9 Å². The molecule has 1 aliphatic rings. The summed E-state index contributed by atoms with van der Waals surface area (Å²) < 4.78 is 7.46. The Morgan fingerprint density at radius 1 is 1.28 bits per heavy atom. The Bertz CT molecular complexity index is 1080. The molecule has 3 aromatic rings. The lowest BCUT2D eigenvalue weighted by molar-refractivity contribution is -0.118. The fourth-order valence-corrected chi connectivity index (χ4v) is 3.42. The van der Waals surface area contributed by atoms with E-state index in [1.165, 1.54) is 6.33 Å². The Kier molecular flexibility index (Phi) is 4.99. The number of para-hydroxylation sites is 1. The highest BCUT2D eigenvalue weighted by Gasteiger charge is 2.29. The molecular weight excluding hydrogens is 370 g/mol. The Labute approximate surface area is 167 Å². The van der Waals surface area contributed by atoms with Gasteiger partial charge in [0.05, 0.1) is 12.5 Å². The molecule has 2 N–H and O–H groups in total. The van der Waals surface area contributed by atoms with Crippen molar-refractivity contribution in [2.45, 2.75) is 26.3 Å². The molecule has 0 saturated carbocycles. The predicted octanol–water partition coefficient (Wildman–Crippen LogP) is 2.84. The topological polar surface area (TPSA) is 98.1 Å². The number of ether oxygens (including phenoxy) is 1. The molecule has 0 fully saturated rings. The number of rotatable bonds is 5. The number of fused-ring (bicyclic) bond motifs is 1. The number of hydrogen-bond acceptors (Lipinski definition) is 5. The van der Waals surface area contributed by atoms with E-state index in [9.17, 15) is 9.59 Å². The van der Waals surface area contributed by atoms with E-state index >= 15 is 0 Å². The Hall–Kier alpha value is -3.68. The molecule has 0 aliphatic carbocycles. The second-order valence-electron chi connectivity index (χ2n) is 6.99. The van der Waals surface area contributed by atoms with Gasteiger partial charge in [0.25, 0.3) is 5.91 Å². The first-order valence-corrected chi connectivity index (χ1v) is 9.29. The van der Waals surface area contributed by atoms with Crippen molar-refractivity contribution in [2.75, 3.05) is 17.2 Å². The molecule has 29 heavy (non-hydrogen) atoms. The summed E-state index contributed by atoms with van der Waals surface area (Å²) in [5.41, 5.74) is 3.66. The van der Waals surface area contributed by atoms with Crippen LogP contribution in [0.3, 0.4) is 0 Å². The monoisotopic (exact) mass is 391 g/mol. The van der Waals surface area contributed by atoms with Gasteiger partial charge in [0.2, 0.25) is 11.9 Å². The first-order chi connectivity index (χ1) is 14.0. The van der Waals surface area contributed by atoms with Crippen molar-refractivity contribution < 1.29 is 14.3 Å². The summed E-state index contributed by atoms with van der Waals surface area (Å²) in [5, 5.41) is 9.77. The number of nitrogens with zero attached hydrogens (tertiary/aromatic N) is 3. The first kappa shape index (κ1) is 18.7. The van der Waals surface area contributed by atoms with Crippen molar-refractivity contribution in [3.05, 3.63) is 65.5 Å². The van der Waals surface area contributed by atoms with Crippen molar-refractivity contribution >= 4 is 23.5 Å². The number of benzene rings is 2. The zero-order chi connectivity index (χ0) is 20.4. The van der Waals surface area contributed by atoms with E-state index in [2.05, 4.69) is 20.7 Å². The van der Waals surface area contributed by atoms with Crippen LogP contribution in [0.25, 0.3) is 0 Å². The molecule has 0 radical (unpaired) electrons. The summed E-state index contributed by atoms with van der Waals surface area (Å²) in [6, 6.07) is 12.8. The zero-order valence-electron chi connectivity index (χ0n) is 16.2. The van der Waals surface area contributed by atoms with Gasteiger partial charge in [-0.1, -0.05) is 35.9 Å². The lowest BCUT2D eigenvalue weighted by Gasteiger charge is -2.25. The van der Waals surface area contributed by atoms with Crippen molar-refractivity contribution in [3.63, 3.8) is 0 Å². The van der Waals surface area contributed by atoms with Gasteiger partial charge in [-0.3, -0.25) is 14.9 Å². The standard InChI is InChI=1S/C21H21N5O3/c1-13-7-8-16(14(2)9-13)24-20(28)11-29-18-6-4-3-5-15(18)17-10-19(27)25-21-22-12-23-26(17)21/h3-9,12,17H,10-11H2,1-2H3,(H,24,28)(H,22,23,25,27)/t17-/m0/s1. The third kappa shape index (κ3) is 3.96. The average molecular weight is 391 g/mol. The highest BCUT2D eigenvalue weighted by atomic mass is 16.5. The number of anilines is 2. The quantitative estimate of drug-likeness (QED) is 0.697. The molecule has 0 bridgehead atoms. The van der Waals surface area contributed by atoms with Crippen molar-refractivity contribution in [2.24, 2.45) is 0 Å². The van der Waals surface area contributed by atoms with Crippen LogP contribution in [0, 0.1) is 13.8 Å². The Balaban J connectivity index is 1.50.